The molecule has 4 heterocycles. The number of hydrogen-bond acceptors (Lipinski definition) is 7. The van der Waals surface area contributed by atoms with E-state index in [0.29, 0.717) is 11.7 Å². The Bertz CT molecular complexity index is 855. The third-order valence-electron chi connectivity index (χ3n) is 4.72. The van der Waals surface area contributed by atoms with Crippen molar-refractivity contribution in [3.05, 3.63) is 54.6 Å². The van der Waals surface area contributed by atoms with Crippen LogP contribution in [0.25, 0.3) is 11.4 Å². The van der Waals surface area contributed by atoms with Crippen LogP contribution in [0.5, 0.6) is 0 Å². The molecule has 0 spiro atoms. The fourth-order valence-electron chi connectivity index (χ4n) is 3.22. The lowest BCUT2D eigenvalue weighted by molar-refractivity contribution is -0.126. The lowest BCUT2D eigenvalue weighted by Crippen LogP contribution is -2.40. The van der Waals surface area contributed by atoms with Crippen LogP contribution in [0, 0.1) is 5.92 Å². The van der Waals surface area contributed by atoms with E-state index in [1.807, 2.05) is 24.3 Å². The molecule has 4 rings (SSSR count). The average molecular weight is 367 g/mol. The zero-order valence-electron chi connectivity index (χ0n) is 14.9. The van der Waals surface area contributed by atoms with Crippen molar-refractivity contribution in [1.82, 2.24) is 25.3 Å². The number of amides is 1. The number of carbonyl (C=O) groups is 1. The molecule has 1 saturated heterocycles. The molecule has 140 valence electrons. The molecule has 0 aromatic carbocycles. The van der Waals surface area contributed by atoms with Gasteiger partial charge >= 0.3 is 0 Å². The molecule has 0 unspecified atom stereocenters. The van der Waals surface area contributed by atoms with Gasteiger partial charge in [0.2, 0.25) is 17.6 Å². The molecule has 0 radical (unpaired) electrons. The predicted molar refractivity (Wildman–Crippen MR) is 96.1 cm³/mol. The van der Waals surface area contributed by atoms with E-state index in [4.69, 9.17) is 8.94 Å². The molecule has 27 heavy (non-hydrogen) atoms. The summed E-state index contributed by atoms with van der Waals surface area (Å²) in [4.78, 5) is 23.1. The summed E-state index contributed by atoms with van der Waals surface area (Å²) >= 11 is 0. The van der Waals surface area contributed by atoms with Crippen LogP contribution in [-0.2, 0) is 17.9 Å². The molecule has 1 amide bonds. The molecule has 0 bridgehead atoms. The minimum atomic E-state index is 0.0126. The summed E-state index contributed by atoms with van der Waals surface area (Å²) in [5.74, 6) is 1.86. The van der Waals surface area contributed by atoms with Crippen molar-refractivity contribution in [1.29, 1.82) is 0 Å². The second kappa shape index (κ2) is 8.13. The van der Waals surface area contributed by atoms with Crippen LogP contribution in [-0.4, -0.2) is 39.0 Å². The number of furan rings is 1. The molecular weight excluding hydrogens is 346 g/mol. The number of rotatable bonds is 6. The maximum Gasteiger partial charge on any atom is 0.246 e. The maximum absolute atomic E-state index is 12.4. The highest BCUT2D eigenvalue weighted by Gasteiger charge is 2.25. The van der Waals surface area contributed by atoms with E-state index in [1.165, 1.54) is 0 Å². The summed E-state index contributed by atoms with van der Waals surface area (Å²) in [6, 6.07) is 7.54. The van der Waals surface area contributed by atoms with E-state index < -0.39 is 0 Å². The Morgan fingerprint density at radius 3 is 2.89 bits per heavy atom. The first-order valence-electron chi connectivity index (χ1n) is 9.03. The van der Waals surface area contributed by atoms with Crippen molar-refractivity contribution in [2.24, 2.45) is 5.92 Å². The lowest BCUT2D eigenvalue weighted by Gasteiger charge is -2.30. The van der Waals surface area contributed by atoms with Crippen molar-refractivity contribution in [3.63, 3.8) is 0 Å². The predicted octanol–water partition coefficient (Wildman–Crippen LogP) is 2.25. The number of nitrogens with zero attached hydrogens (tertiary/aromatic N) is 4. The SMILES string of the molecule is O=C(NCc1nc(-c2cccnc2)no1)C1CCN(Cc2ccco2)CC1. The molecule has 0 saturated carbocycles. The fraction of sp³-hybridized carbons (Fsp3) is 0.368. The number of nitrogens with one attached hydrogen (secondary N) is 1. The average Bonchev–Trinajstić information content (AvgIpc) is 3.39. The summed E-state index contributed by atoms with van der Waals surface area (Å²) in [6.45, 7) is 2.79. The highest BCUT2D eigenvalue weighted by molar-refractivity contribution is 5.78. The third kappa shape index (κ3) is 4.40. The normalized spacial score (nSPS) is 15.7. The minimum absolute atomic E-state index is 0.0126. The van der Waals surface area contributed by atoms with Crippen molar-refractivity contribution >= 4 is 5.91 Å². The van der Waals surface area contributed by atoms with E-state index in [2.05, 4.69) is 25.3 Å². The lowest BCUT2D eigenvalue weighted by atomic mass is 9.96. The van der Waals surface area contributed by atoms with Gasteiger partial charge < -0.3 is 14.3 Å². The van der Waals surface area contributed by atoms with Crippen molar-refractivity contribution < 1.29 is 13.7 Å². The smallest absolute Gasteiger partial charge is 0.246 e. The Labute approximate surface area is 156 Å². The van der Waals surface area contributed by atoms with Gasteiger partial charge in [-0.2, -0.15) is 4.98 Å². The number of carbonyl (C=O) groups excluding carboxylic acids is 1. The Morgan fingerprint density at radius 2 is 2.15 bits per heavy atom. The van der Waals surface area contributed by atoms with Gasteiger partial charge in [-0.3, -0.25) is 14.7 Å². The van der Waals surface area contributed by atoms with Gasteiger partial charge in [0.05, 0.1) is 19.4 Å². The molecule has 1 aliphatic rings. The van der Waals surface area contributed by atoms with E-state index in [9.17, 15) is 4.79 Å². The molecule has 1 N–H and O–H groups in total. The summed E-state index contributed by atoms with van der Waals surface area (Å²) in [5, 5.41) is 6.84. The van der Waals surface area contributed by atoms with Gasteiger partial charge in [0.1, 0.15) is 5.76 Å². The fourth-order valence-corrected chi connectivity index (χ4v) is 3.22. The Morgan fingerprint density at radius 1 is 1.26 bits per heavy atom. The number of hydrogen-bond donors (Lipinski definition) is 1. The Balaban J connectivity index is 1.24. The number of likely N-dealkylation sites (tertiary alicyclic amines) is 1. The molecule has 8 nitrogen and oxygen atoms in total. The van der Waals surface area contributed by atoms with Gasteiger partial charge in [-0.1, -0.05) is 5.16 Å². The molecule has 8 heteroatoms. The Hall–Kier alpha value is -3.00. The molecule has 0 aliphatic carbocycles. The first-order valence-corrected chi connectivity index (χ1v) is 9.03. The summed E-state index contributed by atoms with van der Waals surface area (Å²) in [5.41, 5.74) is 0.780. The number of piperidine rings is 1. The van der Waals surface area contributed by atoms with Crippen LogP contribution < -0.4 is 5.32 Å². The standard InChI is InChI=1S/C19H21N5O3/c25-19(14-5-8-24(9-6-14)13-16-4-2-10-26-16)21-12-17-22-18(23-27-17)15-3-1-7-20-11-15/h1-4,7,10-11,14H,5-6,8-9,12-13H2,(H,21,25). The second-order valence-electron chi connectivity index (χ2n) is 6.60. The number of pyridine rings is 1. The monoisotopic (exact) mass is 367 g/mol. The van der Waals surface area contributed by atoms with Gasteiger partial charge in [-0.25, -0.2) is 0 Å². The highest BCUT2D eigenvalue weighted by Crippen LogP contribution is 2.20. The van der Waals surface area contributed by atoms with E-state index in [1.54, 1.807) is 18.7 Å². The minimum Gasteiger partial charge on any atom is -0.468 e. The molecular formula is C19H21N5O3. The van der Waals surface area contributed by atoms with Crippen LogP contribution in [0.3, 0.4) is 0 Å². The van der Waals surface area contributed by atoms with Gasteiger partial charge in [0.15, 0.2) is 0 Å². The van der Waals surface area contributed by atoms with E-state index >= 15 is 0 Å². The van der Waals surface area contributed by atoms with Gasteiger partial charge in [-0.15, -0.1) is 0 Å². The van der Waals surface area contributed by atoms with Crippen LogP contribution in [0.4, 0.5) is 0 Å². The highest BCUT2D eigenvalue weighted by atomic mass is 16.5. The van der Waals surface area contributed by atoms with E-state index in [-0.39, 0.29) is 18.4 Å². The molecule has 0 atom stereocenters. The van der Waals surface area contributed by atoms with Gasteiger partial charge in [-0.05, 0) is 50.2 Å². The van der Waals surface area contributed by atoms with Crippen LogP contribution in [0.2, 0.25) is 0 Å². The van der Waals surface area contributed by atoms with E-state index in [0.717, 1.165) is 43.8 Å². The molecule has 1 aliphatic heterocycles. The van der Waals surface area contributed by atoms with Crippen molar-refractivity contribution in [3.8, 4) is 11.4 Å². The molecule has 1 fully saturated rings. The second-order valence-corrected chi connectivity index (χ2v) is 6.60. The maximum atomic E-state index is 12.4. The third-order valence-corrected chi connectivity index (χ3v) is 4.72. The quantitative estimate of drug-likeness (QED) is 0.713. The van der Waals surface area contributed by atoms with Crippen LogP contribution >= 0.6 is 0 Å². The zero-order valence-corrected chi connectivity index (χ0v) is 14.9. The summed E-state index contributed by atoms with van der Waals surface area (Å²) in [6.07, 6.45) is 6.70. The van der Waals surface area contributed by atoms with Crippen molar-refractivity contribution in [2.45, 2.75) is 25.9 Å². The Kier molecular flexibility index (Phi) is 5.24. The topological polar surface area (TPSA) is 97.3 Å². The summed E-state index contributed by atoms with van der Waals surface area (Å²) < 4.78 is 10.6. The molecule has 3 aromatic heterocycles. The van der Waals surface area contributed by atoms with Crippen molar-refractivity contribution in [2.75, 3.05) is 13.1 Å². The van der Waals surface area contributed by atoms with Gasteiger partial charge in [0, 0.05) is 23.9 Å². The molecule has 3 aromatic rings. The van der Waals surface area contributed by atoms with Gasteiger partial charge in [0.25, 0.3) is 0 Å². The number of aromatic nitrogens is 3. The zero-order chi connectivity index (χ0) is 18.5. The first-order chi connectivity index (χ1) is 13.3. The summed E-state index contributed by atoms with van der Waals surface area (Å²) in [7, 11) is 0. The van der Waals surface area contributed by atoms with Crippen LogP contribution in [0.1, 0.15) is 24.5 Å². The largest absolute Gasteiger partial charge is 0.468 e. The first kappa shape index (κ1) is 17.4. The van der Waals surface area contributed by atoms with Crippen LogP contribution in [0.15, 0.2) is 51.9 Å².